The van der Waals surface area contributed by atoms with Gasteiger partial charge < -0.3 is 4.90 Å². The maximum absolute atomic E-state index is 11.9. The first-order valence-electron chi connectivity index (χ1n) is 6.18. The van der Waals surface area contributed by atoms with E-state index in [4.69, 9.17) is 11.6 Å². The van der Waals surface area contributed by atoms with Gasteiger partial charge in [-0.2, -0.15) is 0 Å². The number of rotatable bonds is 3. The predicted molar refractivity (Wildman–Crippen MR) is 62.0 cm³/mol. The van der Waals surface area contributed by atoms with Crippen LogP contribution in [0, 0.1) is 5.92 Å². The lowest BCUT2D eigenvalue weighted by Gasteiger charge is -2.29. The number of carbonyl (C=O) groups excluding carboxylic acids is 1. The van der Waals surface area contributed by atoms with Gasteiger partial charge in [0.1, 0.15) is 0 Å². The van der Waals surface area contributed by atoms with E-state index in [0.29, 0.717) is 18.3 Å². The molecule has 1 amide bonds. The predicted octanol–water partition coefficient (Wildman–Crippen LogP) is 2.80. The van der Waals surface area contributed by atoms with Crippen LogP contribution in [0.2, 0.25) is 0 Å². The van der Waals surface area contributed by atoms with Crippen molar-refractivity contribution in [3.05, 3.63) is 0 Å². The van der Waals surface area contributed by atoms with Crippen LogP contribution < -0.4 is 0 Å². The number of nitrogens with zero attached hydrogens (tertiary/aromatic N) is 1. The van der Waals surface area contributed by atoms with Crippen molar-refractivity contribution in [2.45, 2.75) is 51.0 Å². The van der Waals surface area contributed by atoms with E-state index < -0.39 is 0 Å². The van der Waals surface area contributed by atoms with E-state index in [-0.39, 0.29) is 5.91 Å². The molecule has 0 radical (unpaired) electrons. The summed E-state index contributed by atoms with van der Waals surface area (Å²) in [6, 6.07) is 0.545. The van der Waals surface area contributed by atoms with Gasteiger partial charge in [-0.05, 0) is 31.6 Å². The van der Waals surface area contributed by atoms with Crippen molar-refractivity contribution >= 4 is 17.5 Å². The number of amides is 1. The van der Waals surface area contributed by atoms with E-state index in [1.807, 2.05) is 0 Å². The van der Waals surface area contributed by atoms with Crippen molar-refractivity contribution in [3.63, 3.8) is 0 Å². The second-order valence-electron chi connectivity index (χ2n) is 4.78. The molecule has 0 aromatic carbocycles. The number of hydrogen-bond donors (Lipinski definition) is 0. The van der Waals surface area contributed by atoms with Gasteiger partial charge in [-0.25, -0.2) is 0 Å². The zero-order chi connectivity index (χ0) is 10.7. The van der Waals surface area contributed by atoms with E-state index >= 15 is 0 Å². The first kappa shape index (κ1) is 11.3. The molecule has 2 rings (SSSR count). The van der Waals surface area contributed by atoms with Crippen LogP contribution in [0.4, 0.5) is 0 Å². The quantitative estimate of drug-likeness (QED) is 0.682. The first-order valence-corrected chi connectivity index (χ1v) is 6.72. The van der Waals surface area contributed by atoms with Gasteiger partial charge in [0.15, 0.2) is 0 Å². The SMILES string of the molecule is O=C(CCCl)N1CCCC1C1CCCC1. The zero-order valence-electron chi connectivity index (χ0n) is 9.25. The fraction of sp³-hybridized carbons (Fsp3) is 0.917. The summed E-state index contributed by atoms with van der Waals surface area (Å²) in [5.74, 6) is 1.53. The molecule has 1 atom stereocenters. The second-order valence-corrected chi connectivity index (χ2v) is 5.16. The average Bonchev–Trinajstić information content (AvgIpc) is 2.88. The van der Waals surface area contributed by atoms with Crippen LogP contribution in [-0.4, -0.2) is 29.3 Å². The molecule has 1 unspecified atom stereocenters. The van der Waals surface area contributed by atoms with Crippen LogP contribution in [0.15, 0.2) is 0 Å². The van der Waals surface area contributed by atoms with Gasteiger partial charge in [-0.3, -0.25) is 4.79 Å². The van der Waals surface area contributed by atoms with Gasteiger partial charge in [-0.15, -0.1) is 11.6 Å². The Morgan fingerprint density at radius 3 is 2.60 bits per heavy atom. The summed E-state index contributed by atoms with van der Waals surface area (Å²) in [5, 5.41) is 0. The number of alkyl halides is 1. The minimum atomic E-state index is 0.277. The summed E-state index contributed by atoms with van der Waals surface area (Å²) < 4.78 is 0. The first-order chi connectivity index (χ1) is 7.33. The fourth-order valence-electron chi connectivity index (χ4n) is 3.16. The van der Waals surface area contributed by atoms with Crippen molar-refractivity contribution in [1.29, 1.82) is 0 Å². The largest absolute Gasteiger partial charge is 0.339 e. The number of likely N-dealkylation sites (tertiary alicyclic amines) is 1. The highest BCUT2D eigenvalue weighted by Gasteiger charge is 2.35. The summed E-state index contributed by atoms with van der Waals surface area (Å²) in [6.45, 7) is 0.969. The van der Waals surface area contributed by atoms with Crippen LogP contribution in [0.25, 0.3) is 0 Å². The smallest absolute Gasteiger partial charge is 0.224 e. The Morgan fingerprint density at radius 1 is 1.20 bits per heavy atom. The molecule has 1 aliphatic heterocycles. The Morgan fingerprint density at radius 2 is 1.93 bits per heavy atom. The van der Waals surface area contributed by atoms with Crippen LogP contribution in [0.3, 0.4) is 0 Å². The summed E-state index contributed by atoms with van der Waals surface area (Å²) in [7, 11) is 0. The van der Waals surface area contributed by atoms with Gasteiger partial charge >= 0.3 is 0 Å². The van der Waals surface area contributed by atoms with Gasteiger partial charge in [-0.1, -0.05) is 12.8 Å². The van der Waals surface area contributed by atoms with E-state index in [9.17, 15) is 4.79 Å². The Bertz CT molecular complexity index is 226. The lowest BCUT2D eigenvalue weighted by molar-refractivity contribution is -0.132. The fourth-order valence-corrected chi connectivity index (χ4v) is 3.32. The molecule has 1 heterocycles. The van der Waals surface area contributed by atoms with Crippen LogP contribution >= 0.6 is 11.6 Å². The molecule has 1 saturated carbocycles. The summed E-state index contributed by atoms with van der Waals surface area (Å²) in [4.78, 5) is 14.0. The van der Waals surface area contributed by atoms with Crippen molar-refractivity contribution in [1.82, 2.24) is 4.90 Å². The van der Waals surface area contributed by atoms with Crippen LogP contribution in [0.1, 0.15) is 44.9 Å². The van der Waals surface area contributed by atoms with Crippen molar-refractivity contribution < 1.29 is 4.79 Å². The number of carbonyl (C=O) groups is 1. The molecule has 0 N–H and O–H groups in total. The maximum atomic E-state index is 11.9. The molecule has 0 aromatic heterocycles. The Kier molecular flexibility index (Phi) is 3.90. The van der Waals surface area contributed by atoms with Gasteiger partial charge in [0.25, 0.3) is 0 Å². The van der Waals surface area contributed by atoms with E-state index in [1.165, 1.54) is 38.5 Å². The normalized spacial score (nSPS) is 27.5. The van der Waals surface area contributed by atoms with E-state index in [1.54, 1.807) is 0 Å². The Balaban J connectivity index is 1.94. The second kappa shape index (κ2) is 5.20. The molecule has 86 valence electrons. The number of hydrogen-bond acceptors (Lipinski definition) is 1. The van der Waals surface area contributed by atoms with Crippen molar-refractivity contribution in [2.75, 3.05) is 12.4 Å². The topological polar surface area (TPSA) is 20.3 Å². The monoisotopic (exact) mass is 229 g/mol. The lowest BCUT2D eigenvalue weighted by atomic mass is 9.96. The van der Waals surface area contributed by atoms with E-state index in [2.05, 4.69) is 4.90 Å². The molecular weight excluding hydrogens is 210 g/mol. The van der Waals surface area contributed by atoms with E-state index in [0.717, 1.165) is 12.5 Å². The third-order valence-corrected chi connectivity index (χ3v) is 4.06. The van der Waals surface area contributed by atoms with Gasteiger partial charge in [0.2, 0.25) is 5.91 Å². The summed E-state index contributed by atoms with van der Waals surface area (Å²) in [5.41, 5.74) is 0. The van der Waals surface area contributed by atoms with Crippen molar-refractivity contribution in [2.24, 2.45) is 5.92 Å². The highest BCUT2D eigenvalue weighted by Crippen LogP contribution is 2.35. The minimum Gasteiger partial charge on any atom is -0.339 e. The molecule has 1 saturated heterocycles. The molecule has 2 nitrogen and oxygen atoms in total. The standard InChI is InChI=1S/C12H20ClNO/c13-8-7-12(15)14-9-3-6-11(14)10-4-1-2-5-10/h10-11H,1-9H2. The molecule has 15 heavy (non-hydrogen) atoms. The Labute approximate surface area is 97.0 Å². The maximum Gasteiger partial charge on any atom is 0.224 e. The molecule has 1 aliphatic carbocycles. The molecular formula is C12H20ClNO. The molecule has 0 aromatic rings. The summed E-state index contributed by atoms with van der Waals surface area (Å²) in [6.07, 6.45) is 8.31. The van der Waals surface area contributed by atoms with Crippen molar-refractivity contribution in [3.8, 4) is 0 Å². The molecule has 2 fully saturated rings. The average molecular weight is 230 g/mol. The third-order valence-electron chi connectivity index (χ3n) is 3.87. The third kappa shape index (κ3) is 2.47. The lowest BCUT2D eigenvalue weighted by Crippen LogP contribution is -2.39. The highest BCUT2D eigenvalue weighted by atomic mass is 35.5. The molecule has 2 aliphatic rings. The summed E-state index contributed by atoms with van der Waals surface area (Å²) >= 11 is 5.63. The Hall–Kier alpha value is -0.240. The molecule has 3 heteroatoms. The minimum absolute atomic E-state index is 0.277. The van der Waals surface area contributed by atoms with Gasteiger partial charge in [0.05, 0.1) is 0 Å². The van der Waals surface area contributed by atoms with Gasteiger partial charge in [0, 0.05) is 24.9 Å². The zero-order valence-corrected chi connectivity index (χ0v) is 10.0. The number of halogens is 1. The van der Waals surface area contributed by atoms with Crippen LogP contribution in [0.5, 0.6) is 0 Å². The highest BCUT2D eigenvalue weighted by molar-refractivity contribution is 6.18. The molecule has 0 bridgehead atoms. The molecule has 0 spiro atoms. The van der Waals surface area contributed by atoms with Crippen LogP contribution in [-0.2, 0) is 4.79 Å².